The molecule has 2 fully saturated rings. The minimum Gasteiger partial charge on any atom is -0.459 e. The van der Waals surface area contributed by atoms with Crippen LogP contribution < -0.4 is 0 Å². The van der Waals surface area contributed by atoms with E-state index in [1.54, 1.807) is 0 Å². The lowest BCUT2D eigenvalue weighted by atomic mass is 9.98. The van der Waals surface area contributed by atoms with Gasteiger partial charge in [0, 0.05) is 5.57 Å². The van der Waals surface area contributed by atoms with Crippen molar-refractivity contribution in [2.75, 3.05) is 0 Å². The first kappa shape index (κ1) is 12.7. The average Bonchev–Trinajstić information content (AvgIpc) is 3.00. The van der Waals surface area contributed by atoms with Crippen LogP contribution in [0.3, 0.4) is 0 Å². The maximum Gasteiger partial charge on any atom is 0.333 e. The fourth-order valence-electron chi connectivity index (χ4n) is 3.21. The fourth-order valence-corrected chi connectivity index (χ4v) is 3.21. The molecule has 1 unspecified atom stereocenters. The number of hydrogen-bond donors (Lipinski definition) is 0. The van der Waals surface area contributed by atoms with Crippen LogP contribution in [0.15, 0.2) is 12.2 Å². The van der Waals surface area contributed by atoms with E-state index in [0.29, 0.717) is 17.4 Å². The van der Waals surface area contributed by atoms with Gasteiger partial charge in [0.15, 0.2) is 0 Å². The van der Waals surface area contributed by atoms with Crippen LogP contribution in [0, 0.1) is 11.8 Å². The minimum atomic E-state index is -0.142. The van der Waals surface area contributed by atoms with Gasteiger partial charge in [-0.1, -0.05) is 32.3 Å². The van der Waals surface area contributed by atoms with Crippen LogP contribution in [0.1, 0.15) is 58.3 Å². The van der Waals surface area contributed by atoms with Gasteiger partial charge in [-0.2, -0.15) is 0 Å². The van der Waals surface area contributed by atoms with E-state index in [-0.39, 0.29) is 12.1 Å². The van der Waals surface area contributed by atoms with Crippen molar-refractivity contribution in [1.29, 1.82) is 0 Å². The van der Waals surface area contributed by atoms with Crippen LogP contribution in [0.4, 0.5) is 0 Å². The number of esters is 1. The van der Waals surface area contributed by atoms with Crippen molar-refractivity contribution < 1.29 is 9.53 Å². The van der Waals surface area contributed by atoms with Gasteiger partial charge in [0.1, 0.15) is 6.10 Å². The second kappa shape index (κ2) is 5.70. The Morgan fingerprint density at radius 2 is 1.65 bits per heavy atom. The van der Waals surface area contributed by atoms with E-state index in [4.69, 9.17) is 4.74 Å². The van der Waals surface area contributed by atoms with Crippen LogP contribution in [0.25, 0.3) is 0 Å². The van der Waals surface area contributed by atoms with Crippen LogP contribution in [-0.4, -0.2) is 12.1 Å². The Morgan fingerprint density at radius 3 is 2.24 bits per heavy atom. The molecular formula is C15H24O2. The second-order valence-electron chi connectivity index (χ2n) is 5.66. The molecule has 2 nitrogen and oxygen atoms in total. The molecule has 2 rings (SSSR count). The lowest BCUT2D eigenvalue weighted by molar-refractivity contribution is -0.146. The molecule has 0 spiro atoms. The smallest absolute Gasteiger partial charge is 0.333 e. The Labute approximate surface area is 104 Å². The molecule has 0 bridgehead atoms. The zero-order valence-electron chi connectivity index (χ0n) is 10.9. The number of rotatable bonds is 4. The average molecular weight is 236 g/mol. The highest BCUT2D eigenvalue weighted by Gasteiger charge is 2.28. The molecular weight excluding hydrogens is 212 g/mol. The maximum absolute atomic E-state index is 12.0. The Balaban J connectivity index is 1.80. The highest BCUT2D eigenvalue weighted by molar-refractivity contribution is 5.88. The van der Waals surface area contributed by atoms with Crippen molar-refractivity contribution in [2.24, 2.45) is 11.8 Å². The van der Waals surface area contributed by atoms with Gasteiger partial charge in [-0.25, -0.2) is 4.79 Å². The van der Waals surface area contributed by atoms with Crippen molar-refractivity contribution in [3.63, 3.8) is 0 Å². The summed E-state index contributed by atoms with van der Waals surface area (Å²) in [5.41, 5.74) is 0.715. The molecule has 0 heterocycles. The fraction of sp³-hybridized carbons (Fsp3) is 0.800. The van der Waals surface area contributed by atoms with Crippen LogP contribution in [0.5, 0.6) is 0 Å². The minimum absolute atomic E-state index is 0.0724. The molecule has 0 amide bonds. The highest BCUT2D eigenvalue weighted by Crippen LogP contribution is 2.33. The van der Waals surface area contributed by atoms with Gasteiger partial charge in [0.25, 0.3) is 0 Å². The van der Waals surface area contributed by atoms with Gasteiger partial charge in [0.2, 0.25) is 0 Å². The third-order valence-electron chi connectivity index (χ3n) is 4.47. The summed E-state index contributed by atoms with van der Waals surface area (Å²) in [7, 11) is 0. The topological polar surface area (TPSA) is 26.3 Å². The third-order valence-corrected chi connectivity index (χ3v) is 4.47. The summed E-state index contributed by atoms with van der Waals surface area (Å²) < 4.78 is 5.57. The normalized spacial score (nSPS) is 23.8. The van der Waals surface area contributed by atoms with Gasteiger partial charge in [0.05, 0.1) is 0 Å². The quantitative estimate of drug-likeness (QED) is 0.547. The Hall–Kier alpha value is -0.790. The zero-order valence-corrected chi connectivity index (χ0v) is 10.9. The predicted molar refractivity (Wildman–Crippen MR) is 68.6 cm³/mol. The van der Waals surface area contributed by atoms with Gasteiger partial charge in [-0.3, -0.25) is 0 Å². The zero-order chi connectivity index (χ0) is 12.3. The lowest BCUT2D eigenvalue weighted by Crippen LogP contribution is -2.24. The summed E-state index contributed by atoms with van der Waals surface area (Å²) in [4.78, 5) is 12.0. The summed E-state index contributed by atoms with van der Waals surface area (Å²) >= 11 is 0. The van der Waals surface area contributed by atoms with Crippen molar-refractivity contribution in [1.82, 2.24) is 0 Å². The van der Waals surface area contributed by atoms with E-state index >= 15 is 0 Å². The summed E-state index contributed by atoms with van der Waals surface area (Å²) in [6.45, 7) is 5.98. The molecule has 0 N–H and O–H groups in total. The molecule has 17 heavy (non-hydrogen) atoms. The first-order valence-corrected chi connectivity index (χ1v) is 7.08. The van der Waals surface area contributed by atoms with Crippen LogP contribution in [-0.2, 0) is 9.53 Å². The maximum atomic E-state index is 12.0. The molecule has 2 aliphatic rings. The molecule has 2 saturated carbocycles. The van der Waals surface area contributed by atoms with Gasteiger partial charge < -0.3 is 4.74 Å². The van der Waals surface area contributed by atoms with Crippen molar-refractivity contribution in [2.45, 2.75) is 64.4 Å². The van der Waals surface area contributed by atoms with Crippen molar-refractivity contribution in [3.05, 3.63) is 12.2 Å². The van der Waals surface area contributed by atoms with Crippen molar-refractivity contribution >= 4 is 5.97 Å². The van der Waals surface area contributed by atoms with E-state index in [9.17, 15) is 4.79 Å². The summed E-state index contributed by atoms with van der Waals surface area (Å²) in [5, 5.41) is 0. The van der Waals surface area contributed by atoms with E-state index in [1.165, 1.54) is 38.5 Å². The van der Waals surface area contributed by atoms with Crippen LogP contribution in [0.2, 0.25) is 0 Å². The molecule has 0 aromatic carbocycles. The number of hydrogen-bond acceptors (Lipinski definition) is 2. The predicted octanol–water partition coefficient (Wildman–Crippen LogP) is 3.85. The molecule has 2 heteroatoms. The standard InChI is InChI=1S/C15H24O2/c1-11(13-7-3-4-8-13)15(16)17-12(2)14-9-5-6-10-14/h12-14H,1,3-10H2,2H3. The van der Waals surface area contributed by atoms with E-state index in [2.05, 4.69) is 6.58 Å². The number of ether oxygens (including phenoxy) is 1. The molecule has 0 aromatic heterocycles. The summed E-state index contributed by atoms with van der Waals surface area (Å²) in [5.74, 6) is 0.824. The van der Waals surface area contributed by atoms with E-state index < -0.39 is 0 Å². The SMILES string of the molecule is C=C(C(=O)OC(C)C1CCCC1)C1CCCC1. The van der Waals surface area contributed by atoms with Gasteiger partial charge >= 0.3 is 5.97 Å². The molecule has 0 radical (unpaired) electrons. The molecule has 0 aliphatic heterocycles. The van der Waals surface area contributed by atoms with E-state index in [1.807, 2.05) is 6.92 Å². The van der Waals surface area contributed by atoms with Gasteiger partial charge in [-0.15, -0.1) is 0 Å². The Kier molecular flexibility index (Phi) is 4.25. The molecule has 2 aliphatic carbocycles. The van der Waals surface area contributed by atoms with Crippen LogP contribution >= 0.6 is 0 Å². The molecule has 1 atom stereocenters. The third kappa shape index (κ3) is 3.11. The largest absolute Gasteiger partial charge is 0.459 e. The Bertz CT molecular complexity index is 283. The van der Waals surface area contributed by atoms with Gasteiger partial charge in [-0.05, 0) is 44.4 Å². The highest BCUT2D eigenvalue weighted by atomic mass is 16.5. The molecule has 96 valence electrons. The lowest BCUT2D eigenvalue weighted by Gasteiger charge is -2.21. The van der Waals surface area contributed by atoms with Crippen molar-refractivity contribution in [3.8, 4) is 0 Å². The summed E-state index contributed by atoms with van der Waals surface area (Å²) in [6, 6.07) is 0. The first-order chi connectivity index (χ1) is 8.18. The molecule has 0 saturated heterocycles. The number of carbonyl (C=O) groups excluding carboxylic acids is 1. The van der Waals surface area contributed by atoms with E-state index in [0.717, 1.165) is 12.8 Å². The Morgan fingerprint density at radius 1 is 1.12 bits per heavy atom. The second-order valence-corrected chi connectivity index (χ2v) is 5.66. The monoisotopic (exact) mass is 236 g/mol. The number of carbonyl (C=O) groups is 1. The summed E-state index contributed by atoms with van der Waals surface area (Å²) in [6.07, 6.45) is 9.77. The molecule has 0 aromatic rings. The first-order valence-electron chi connectivity index (χ1n) is 7.08.